The van der Waals surface area contributed by atoms with Gasteiger partial charge in [-0.3, -0.25) is 4.79 Å². The molecule has 0 aromatic heterocycles. The van der Waals surface area contributed by atoms with Gasteiger partial charge in [0, 0.05) is 6.54 Å². The van der Waals surface area contributed by atoms with E-state index in [4.69, 9.17) is 10.4 Å². The fourth-order valence-corrected chi connectivity index (χ4v) is 1.27. The van der Waals surface area contributed by atoms with Gasteiger partial charge in [0.25, 0.3) is 0 Å². The fraction of sp³-hybridized carbons (Fsp3) is 0.714. The van der Waals surface area contributed by atoms with Crippen LogP contribution < -0.4 is 5.32 Å². The van der Waals surface area contributed by atoms with Crippen molar-refractivity contribution >= 4 is 5.97 Å². The Morgan fingerprint density at radius 3 is 2.91 bits per heavy atom. The van der Waals surface area contributed by atoms with Crippen molar-refractivity contribution in [1.82, 2.24) is 5.32 Å². The molecule has 0 unspecified atom stereocenters. The molecule has 1 rings (SSSR count). The third-order valence-corrected chi connectivity index (χ3v) is 1.97. The predicted octanol–water partition coefficient (Wildman–Crippen LogP) is -0.180. The standard InChI is InChI=1S/C7H10N2O2/c8-3-5-1-2-9-4-6(5)7(10)11/h5-6,9H,1-2,4H2,(H,10,11)/t5-,6-/m1/s1. The van der Waals surface area contributed by atoms with Gasteiger partial charge in [0.05, 0.1) is 17.9 Å². The maximum Gasteiger partial charge on any atom is 0.309 e. The number of carboxylic acids is 1. The van der Waals surface area contributed by atoms with Crippen molar-refractivity contribution in [2.24, 2.45) is 11.8 Å². The van der Waals surface area contributed by atoms with Crippen LogP contribution >= 0.6 is 0 Å². The average Bonchev–Trinajstić information content (AvgIpc) is 2.04. The molecule has 0 aliphatic carbocycles. The Kier molecular flexibility index (Phi) is 2.44. The quantitative estimate of drug-likeness (QED) is 0.549. The van der Waals surface area contributed by atoms with E-state index in [0.29, 0.717) is 13.0 Å². The summed E-state index contributed by atoms with van der Waals surface area (Å²) in [5, 5.41) is 20.2. The Morgan fingerprint density at radius 1 is 1.73 bits per heavy atom. The molecular formula is C7H10N2O2. The number of carbonyl (C=O) groups is 1. The van der Waals surface area contributed by atoms with E-state index >= 15 is 0 Å². The summed E-state index contributed by atoms with van der Waals surface area (Å²) in [7, 11) is 0. The minimum atomic E-state index is -0.872. The second-order valence-electron chi connectivity index (χ2n) is 2.67. The molecule has 0 radical (unpaired) electrons. The van der Waals surface area contributed by atoms with Crippen molar-refractivity contribution in [3.05, 3.63) is 0 Å². The molecule has 4 nitrogen and oxygen atoms in total. The molecular weight excluding hydrogens is 144 g/mol. The largest absolute Gasteiger partial charge is 0.481 e. The topological polar surface area (TPSA) is 73.1 Å². The summed E-state index contributed by atoms with van der Waals surface area (Å²) in [5.74, 6) is -1.70. The smallest absolute Gasteiger partial charge is 0.309 e. The minimum Gasteiger partial charge on any atom is -0.481 e. The first-order chi connectivity index (χ1) is 5.25. The number of nitrogens with zero attached hydrogens (tertiary/aromatic N) is 1. The zero-order chi connectivity index (χ0) is 8.27. The summed E-state index contributed by atoms with van der Waals surface area (Å²) in [6, 6.07) is 2.01. The van der Waals surface area contributed by atoms with Crippen LogP contribution in [0.2, 0.25) is 0 Å². The van der Waals surface area contributed by atoms with Crippen molar-refractivity contribution in [2.75, 3.05) is 13.1 Å². The molecule has 0 bridgehead atoms. The maximum absolute atomic E-state index is 10.5. The maximum atomic E-state index is 10.5. The number of nitrogens with one attached hydrogen (secondary N) is 1. The molecule has 1 fully saturated rings. The SMILES string of the molecule is N#C[C@H]1CCNC[C@H]1C(=O)O. The van der Waals surface area contributed by atoms with E-state index in [1.165, 1.54) is 0 Å². The van der Waals surface area contributed by atoms with Crippen molar-refractivity contribution in [3.8, 4) is 6.07 Å². The molecule has 2 atom stereocenters. The molecule has 0 saturated carbocycles. The van der Waals surface area contributed by atoms with E-state index in [2.05, 4.69) is 5.32 Å². The molecule has 0 amide bonds. The lowest BCUT2D eigenvalue weighted by atomic mass is 9.88. The first-order valence-corrected chi connectivity index (χ1v) is 3.59. The van der Waals surface area contributed by atoms with Gasteiger partial charge in [-0.1, -0.05) is 0 Å². The zero-order valence-electron chi connectivity index (χ0n) is 6.08. The summed E-state index contributed by atoms with van der Waals surface area (Å²) in [6.07, 6.45) is 0.646. The van der Waals surface area contributed by atoms with Crippen molar-refractivity contribution in [2.45, 2.75) is 6.42 Å². The second-order valence-corrected chi connectivity index (χ2v) is 2.67. The Hall–Kier alpha value is -1.08. The monoisotopic (exact) mass is 154 g/mol. The van der Waals surface area contributed by atoms with Gasteiger partial charge >= 0.3 is 5.97 Å². The van der Waals surface area contributed by atoms with E-state index in [9.17, 15) is 4.79 Å². The predicted molar refractivity (Wildman–Crippen MR) is 37.7 cm³/mol. The molecule has 1 aliphatic heterocycles. The number of piperidine rings is 1. The summed E-state index contributed by atoms with van der Waals surface area (Å²) in [5.41, 5.74) is 0. The molecule has 1 saturated heterocycles. The number of carboxylic acid groups (broad SMARTS) is 1. The van der Waals surface area contributed by atoms with Gasteiger partial charge in [-0.15, -0.1) is 0 Å². The van der Waals surface area contributed by atoms with Gasteiger partial charge in [-0.25, -0.2) is 0 Å². The zero-order valence-corrected chi connectivity index (χ0v) is 6.08. The van der Waals surface area contributed by atoms with Crippen molar-refractivity contribution in [1.29, 1.82) is 5.26 Å². The van der Waals surface area contributed by atoms with E-state index in [1.54, 1.807) is 0 Å². The van der Waals surface area contributed by atoms with E-state index in [0.717, 1.165) is 6.54 Å². The minimum absolute atomic E-state index is 0.311. The van der Waals surface area contributed by atoms with Crippen LogP contribution in [-0.2, 0) is 4.79 Å². The first kappa shape index (κ1) is 8.02. The van der Waals surface area contributed by atoms with Crippen LogP contribution in [0.5, 0.6) is 0 Å². The molecule has 4 heteroatoms. The first-order valence-electron chi connectivity index (χ1n) is 3.59. The highest BCUT2D eigenvalue weighted by Gasteiger charge is 2.30. The molecule has 2 N–H and O–H groups in total. The highest BCUT2D eigenvalue weighted by molar-refractivity contribution is 5.71. The van der Waals surface area contributed by atoms with Crippen LogP contribution in [0.15, 0.2) is 0 Å². The summed E-state index contributed by atoms with van der Waals surface area (Å²) >= 11 is 0. The highest BCUT2D eigenvalue weighted by atomic mass is 16.4. The van der Waals surface area contributed by atoms with E-state index < -0.39 is 11.9 Å². The molecule has 0 aromatic rings. The lowest BCUT2D eigenvalue weighted by Gasteiger charge is -2.23. The molecule has 1 heterocycles. The Morgan fingerprint density at radius 2 is 2.45 bits per heavy atom. The van der Waals surface area contributed by atoms with Crippen molar-refractivity contribution in [3.63, 3.8) is 0 Å². The number of rotatable bonds is 1. The Bertz CT molecular complexity index is 197. The molecule has 60 valence electrons. The number of aliphatic carboxylic acids is 1. The van der Waals surface area contributed by atoms with Crippen LogP contribution in [0.4, 0.5) is 0 Å². The lowest BCUT2D eigenvalue weighted by Crippen LogP contribution is -2.40. The molecule has 11 heavy (non-hydrogen) atoms. The number of nitriles is 1. The Labute approximate surface area is 64.8 Å². The van der Waals surface area contributed by atoms with Crippen molar-refractivity contribution < 1.29 is 9.90 Å². The van der Waals surface area contributed by atoms with Crippen LogP contribution in [0.3, 0.4) is 0 Å². The van der Waals surface area contributed by atoms with E-state index in [1.807, 2.05) is 6.07 Å². The van der Waals surface area contributed by atoms with Gasteiger partial charge in [0.15, 0.2) is 0 Å². The third-order valence-electron chi connectivity index (χ3n) is 1.97. The summed E-state index contributed by atoms with van der Waals surface area (Å²) in [6.45, 7) is 1.18. The van der Waals surface area contributed by atoms with Gasteiger partial charge in [-0.2, -0.15) is 5.26 Å². The van der Waals surface area contributed by atoms with Gasteiger partial charge < -0.3 is 10.4 Å². The number of hydrogen-bond donors (Lipinski definition) is 2. The second kappa shape index (κ2) is 3.35. The van der Waals surface area contributed by atoms with Gasteiger partial charge in [0.2, 0.25) is 0 Å². The molecule has 0 aromatic carbocycles. The van der Waals surface area contributed by atoms with Gasteiger partial charge in [0.1, 0.15) is 0 Å². The summed E-state index contributed by atoms with van der Waals surface area (Å²) < 4.78 is 0. The van der Waals surface area contributed by atoms with Crippen LogP contribution in [0.25, 0.3) is 0 Å². The van der Waals surface area contributed by atoms with Gasteiger partial charge in [-0.05, 0) is 13.0 Å². The normalized spacial score (nSPS) is 30.8. The van der Waals surface area contributed by atoms with Crippen LogP contribution in [0, 0.1) is 23.2 Å². The van der Waals surface area contributed by atoms with Crippen LogP contribution in [0.1, 0.15) is 6.42 Å². The fourth-order valence-electron chi connectivity index (χ4n) is 1.27. The average molecular weight is 154 g/mol. The molecule has 0 spiro atoms. The van der Waals surface area contributed by atoms with E-state index in [-0.39, 0.29) is 5.92 Å². The Balaban J connectivity index is 2.60. The van der Waals surface area contributed by atoms with Crippen LogP contribution in [-0.4, -0.2) is 24.2 Å². The summed E-state index contributed by atoms with van der Waals surface area (Å²) in [4.78, 5) is 10.5. The third kappa shape index (κ3) is 1.69. The number of hydrogen-bond acceptors (Lipinski definition) is 3. The lowest BCUT2D eigenvalue weighted by molar-refractivity contribution is -0.143. The molecule has 1 aliphatic rings. The highest BCUT2D eigenvalue weighted by Crippen LogP contribution is 2.17.